The molecule has 0 radical (unpaired) electrons. The van der Waals surface area contributed by atoms with E-state index in [2.05, 4.69) is 32.2 Å². The summed E-state index contributed by atoms with van der Waals surface area (Å²) in [4.78, 5) is 0. The number of hydrogen-bond donors (Lipinski definition) is 1. The van der Waals surface area contributed by atoms with Gasteiger partial charge in [0.2, 0.25) is 0 Å². The van der Waals surface area contributed by atoms with Crippen molar-refractivity contribution in [3.63, 3.8) is 0 Å². The van der Waals surface area contributed by atoms with Crippen LogP contribution in [0.3, 0.4) is 0 Å². The Morgan fingerprint density at radius 3 is 2.50 bits per heavy atom. The third kappa shape index (κ3) is 6.55. The summed E-state index contributed by atoms with van der Waals surface area (Å²) in [6, 6.07) is 0.513. The quantitative estimate of drug-likeness (QED) is 0.757. The summed E-state index contributed by atoms with van der Waals surface area (Å²) in [5, 5.41) is 3.53. The predicted octanol–water partition coefficient (Wildman–Crippen LogP) is 2.54. The highest BCUT2D eigenvalue weighted by atomic mass is 32.2. The average Bonchev–Trinajstić information content (AvgIpc) is 2.27. The van der Waals surface area contributed by atoms with Gasteiger partial charge in [-0.1, -0.05) is 11.6 Å². The zero-order valence-corrected chi connectivity index (χ0v) is 12.7. The van der Waals surface area contributed by atoms with Crippen LogP contribution in [0.25, 0.3) is 0 Å². The maximum Gasteiger partial charge on any atom is 0.150 e. The van der Waals surface area contributed by atoms with Crippen molar-refractivity contribution in [2.45, 2.75) is 52.5 Å². The highest BCUT2D eigenvalue weighted by Crippen LogP contribution is 2.18. The van der Waals surface area contributed by atoms with E-state index in [1.54, 1.807) is 0 Å². The number of allylic oxidation sites excluding steroid dienone is 2. The molecule has 0 spiro atoms. The molecular formula is C14H27NO2S. The molecule has 1 atom stereocenters. The molecule has 1 fully saturated rings. The fourth-order valence-corrected chi connectivity index (χ4v) is 3.82. The summed E-state index contributed by atoms with van der Waals surface area (Å²) >= 11 is 0. The van der Waals surface area contributed by atoms with E-state index >= 15 is 0 Å². The monoisotopic (exact) mass is 273 g/mol. The topological polar surface area (TPSA) is 46.2 Å². The van der Waals surface area contributed by atoms with Crippen molar-refractivity contribution in [2.75, 3.05) is 18.1 Å². The Hall–Kier alpha value is -0.350. The van der Waals surface area contributed by atoms with Crippen LogP contribution in [0.4, 0.5) is 0 Å². The summed E-state index contributed by atoms with van der Waals surface area (Å²) in [7, 11) is -2.71. The second-order valence-corrected chi connectivity index (χ2v) is 8.07. The number of nitrogens with one attached hydrogen (secondary N) is 1. The molecule has 1 N–H and O–H groups in total. The van der Waals surface area contributed by atoms with Gasteiger partial charge in [0.25, 0.3) is 0 Å². The molecule has 1 saturated heterocycles. The number of hydrogen-bond acceptors (Lipinski definition) is 3. The van der Waals surface area contributed by atoms with Crippen molar-refractivity contribution in [2.24, 2.45) is 5.92 Å². The van der Waals surface area contributed by atoms with Crippen molar-refractivity contribution in [1.29, 1.82) is 0 Å². The lowest BCUT2D eigenvalue weighted by Gasteiger charge is -2.24. The first-order valence-corrected chi connectivity index (χ1v) is 8.78. The van der Waals surface area contributed by atoms with Gasteiger partial charge in [0, 0.05) is 6.04 Å². The van der Waals surface area contributed by atoms with Crippen LogP contribution in [0.15, 0.2) is 11.6 Å². The van der Waals surface area contributed by atoms with E-state index in [0.717, 1.165) is 32.2 Å². The van der Waals surface area contributed by atoms with E-state index < -0.39 is 9.84 Å². The maximum atomic E-state index is 11.3. The lowest BCUT2D eigenvalue weighted by molar-refractivity contribution is 0.398. The molecule has 0 bridgehead atoms. The van der Waals surface area contributed by atoms with Gasteiger partial charge in [0.05, 0.1) is 11.5 Å². The Morgan fingerprint density at radius 2 is 1.94 bits per heavy atom. The highest BCUT2D eigenvalue weighted by Gasteiger charge is 2.23. The Labute approximate surface area is 112 Å². The molecule has 4 heteroatoms. The molecule has 0 saturated carbocycles. The molecule has 1 heterocycles. The molecule has 3 nitrogen and oxygen atoms in total. The molecule has 1 aliphatic rings. The van der Waals surface area contributed by atoms with E-state index in [9.17, 15) is 8.42 Å². The fourth-order valence-electron chi connectivity index (χ4n) is 2.23. The zero-order valence-electron chi connectivity index (χ0n) is 11.9. The van der Waals surface area contributed by atoms with Crippen molar-refractivity contribution in [1.82, 2.24) is 5.32 Å². The minimum Gasteiger partial charge on any atom is -0.314 e. The van der Waals surface area contributed by atoms with E-state index in [4.69, 9.17) is 0 Å². The molecule has 1 rings (SSSR count). The lowest BCUT2D eigenvalue weighted by Crippen LogP contribution is -2.35. The van der Waals surface area contributed by atoms with Gasteiger partial charge >= 0.3 is 0 Å². The Morgan fingerprint density at radius 1 is 1.33 bits per heavy atom. The van der Waals surface area contributed by atoms with Gasteiger partial charge in [-0.15, -0.1) is 0 Å². The molecule has 0 aromatic heterocycles. The standard InChI is InChI=1S/C14H27NO2S/c1-12(2)5-4-6-13(3)15-11-14-7-9-18(16,17)10-8-14/h5,13-15H,4,6-11H2,1-3H3. The first kappa shape index (κ1) is 15.7. The minimum absolute atomic E-state index is 0.380. The SMILES string of the molecule is CC(C)=CCCC(C)NCC1CCS(=O)(=O)CC1. The molecule has 0 aromatic rings. The zero-order chi connectivity index (χ0) is 13.6. The summed E-state index contributed by atoms with van der Waals surface area (Å²) in [5.74, 6) is 1.30. The first-order valence-electron chi connectivity index (χ1n) is 6.96. The van der Waals surface area contributed by atoms with Gasteiger partial charge in [0.15, 0.2) is 0 Å². The summed E-state index contributed by atoms with van der Waals surface area (Å²) < 4.78 is 22.6. The van der Waals surface area contributed by atoms with Crippen molar-refractivity contribution in [3.05, 3.63) is 11.6 Å². The van der Waals surface area contributed by atoms with Gasteiger partial charge in [-0.05, 0) is 58.9 Å². The third-order valence-electron chi connectivity index (χ3n) is 3.58. The Balaban J connectivity index is 2.15. The number of rotatable bonds is 6. The highest BCUT2D eigenvalue weighted by molar-refractivity contribution is 7.91. The second-order valence-electron chi connectivity index (χ2n) is 5.76. The second kappa shape index (κ2) is 7.29. The van der Waals surface area contributed by atoms with Gasteiger partial charge in [-0.2, -0.15) is 0 Å². The predicted molar refractivity (Wildman–Crippen MR) is 77.5 cm³/mol. The van der Waals surface area contributed by atoms with E-state index in [1.807, 2.05) is 0 Å². The Bertz CT molecular complexity index is 355. The van der Waals surface area contributed by atoms with Crippen LogP contribution in [0.5, 0.6) is 0 Å². The Kier molecular flexibility index (Phi) is 6.36. The third-order valence-corrected chi connectivity index (χ3v) is 5.30. The van der Waals surface area contributed by atoms with Crippen molar-refractivity contribution in [3.8, 4) is 0 Å². The van der Waals surface area contributed by atoms with Gasteiger partial charge < -0.3 is 5.32 Å². The first-order chi connectivity index (χ1) is 8.39. The summed E-state index contributed by atoms with van der Waals surface area (Å²) in [6.07, 6.45) is 6.20. The summed E-state index contributed by atoms with van der Waals surface area (Å²) in [5.41, 5.74) is 1.37. The van der Waals surface area contributed by atoms with E-state index in [-0.39, 0.29) is 0 Å². The molecule has 1 unspecified atom stereocenters. The van der Waals surface area contributed by atoms with Crippen LogP contribution in [-0.4, -0.2) is 32.5 Å². The molecule has 0 amide bonds. The van der Waals surface area contributed by atoms with Crippen LogP contribution in [-0.2, 0) is 9.84 Å². The molecule has 0 aromatic carbocycles. The van der Waals surface area contributed by atoms with E-state index in [0.29, 0.717) is 23.5 Å². The number of sulfone groups is 1. The normalized spacial score (nSPS) is 21.5. The van der Waals surface area contributed by atoms with Crippen LogP contribution in [0.1, 0.15) is 46.5 Å². The average molecular weight is 273 g/mol. The van der Waals surface area contributed by atoms with Crippen molar-refractivity contribution < 1.29 is 8.42 Å². The molecule has 106 valence electrons. The molecule has 0 aliphatic carbocycles. The largest absolute Gasteiger partial charge is 0.314 e. The van der Waals surface area contributed by atoms with Crippen LogP contribution in [0, 0.1) is 5.92 Å². The van der Waals surface area contributed by atoms with Crippen LogP contribution >= 0.6 is 0 Å². The van der Waals surface area contributed by atoms with Crippen LogP contribution in [0.2, 0.25) is 0 Å². The van der Waals surface area contributed by atoms with Gasteiger partial charge in [-0.3, -0.25) is 0 Å². The smallest absolute Gasteiger partial charge is 0.150 e. The maximum absolute atomic E-state index is 11.3. The van der Waals surface area contributed by atoms with Gasteiger partial charge in [0.1, 0.15) is 9.84 Å². The molecular weight excluding hydrogens is 246 g/mol. The van der Waals surface area contributed by atoms with Crippen molar-refractivity contribution >= 4 is 9.84 Å². The lowest BCUT2D eigenvalue weighted by atomic mass is 10.0. The summed E-state index contributed by atoms with van der Waals surface area (Å²) in [6.45, 7) is 7.42. The fraction of sp³-hybridized carbons (Fsp3) is 0.857. The van der Waals surface area contributed by atoms with Gasteiger partial charge in [-0.25, -0.2) is 8.42 Å². The van der Waals surface area contributed by atoms with E-state index in [1.165, 1.54) is 5.57 Å². The van der Waals surface area contributed by atoms with Crippen LogP contribution < -0.4 is 5.32 Å². The minimum atomic E-state index is -2.71. The molecule has 18 heavy (non-hydrogen) atoms. The molecule has 1 aliphatic heterocycles.